The highest BCUT2D eigenvalue weighted by atomic mass is 35.5. The van der Waals surface area contributed by atoms with Gasteiger partial charge in [0.05, 0.1) is 5.56 Å². The average Bonchev–Trinajstić information content (AvgIpc) is 2.54. The summed E-state index contributed by atoms with van der Waals surface area (Å²) < 4.78 is 13.8. The van der Waals surface area contributed by atoms with Crippen molar-refractivity contribution < 1.29 is 14.0 Å². The van der Waals surface area contributed by atoms with Gasteiger partial charge in [-0.1, -0.05) is 23.7 Å². The number of benzene rings is 2. The molecule has 0 saturated carbocycles. The molecular weight excluding hydrogens is 319 g/mol. The molecule has 4 nitrogen and oxygen atoms in total. The fourth-order valence-corrected chi connectivity index (χ4v) is 2.28. The monoisotopic (exact) mass is 334 g/mol. The van der Waals surface area contributed by atoms with Crippen LogP contribution in [-0.4, -0.2) is 30.8 Å². The minimum atomic E-state index is -0.649. The number of hydrogen-bond donors (Lipinski definition) is 1. The molecule has 0 aliphatic heterocycles. The summed E-state index contributed by atoms with van der Waals surface area (Å²) in [7, 11) is 3.15. The van der Waals surface area contributed by atoms with Crippen LogP contribution in [0.2, 0.25) is 5.02 Å². The minimum Gasteiger partial charge on any atom is -0.355 e. The van der Waals surface area contributed by atoms with E-state index in [9.17, 15) is 14.0 Å². The summed E-state index contributed by atoms with van der Waals surface area (Å²) in [5.74, 6) is -1.26. The molecule has 2 aromatic carbocycles. The molecule has 0 unspecified atom stereocenters. The third kappa shape index (κ3) is 4.07. The van der Waals surface area contributed by atoms with Crippen LogP contribution in [0.5, 0.6) is 0 Å². The van der Waals surface area contributed by atoms with Crippen LogP contribution in [0, 0.1) is 5.82 Å². The Balaban J connectivity index is 2.10. The van der Waals surface area contributed by atoms with Gasteiger partial charge < -0.3 is 10.2 Å². The lowest BCUT2D eigenvalue weighted by Gasteiger charge is -2.18. The molecule has 0 aliphatic rings. The van der Waals surface area contributed by atoms with Crippen LogP contribution >= 0.6 is 11.6 Å². The number of amides is 2. The largest absolute Gasteiger partial charge is 0.355 e. The Morgan fingerprint density at radius 2 is 1.83 bits per heavy atom. The predicted octanol–water partition coefficient (Wildman–Crippen LogP) is 3.11. The van der Waals surface area contributed by atoms with E-state index >= 15 is 0 Å². The highest BCUT2D eigenvalue weighted by Crippen LogP contribution is 2.17. The van der Waals surface area contributed by atoms with E-state index in [1.807, 2.05) is 0 Å². The zero-order valence-corrected chi connectivity index (χ0v) is 13.5. The highest BCUT2D eigenvalue weighted by molar-refractivity contribution is 6.30. The first-order valence-corrected chi connectivity index (χ1v) is 7.31. The van der Waals surface area contributed by atoms with Crippen LogP contribution in [0.25, 0.3) is 0 Å². The standard InChI is InChI=1S/C17H16ClFN2O2/c1-20-16(22)12-5-3-11(4-6-12)10-21(2)17(23)14-8-7-13(18)9-15(14)19/h3-9H,10H2,1-2H3,(H,20,22). The topological polar surface area (TPSA) is 49.4 Å². The normalized spacial score (nSPS) is 10.3. The van der Waals surface area contributed by atoms with Crippen molar-refractivity contribution >= 4 is 23.4 Å². The van der Waals surface area contributed by atoms with Gasteiger partial charge in [-0.15, -0.1) is 0 Å². The molecule has 0 atom stereocenters. The Kier molecular flexibility index (Phi) is 5.34. The van der Waals surface area contributed by atoms with E-state index in [2.05, 4.69) is 5.32 Å². The summed E-state index contributed by atoms with van der Waals surface area (Å²) in [6, 6.07) is 10.8. The number of carbonyl (C=O) groups is 2. The first-order valence-electron chi connectivity index (χ1n) is 6.94. The van der Waals surface area contributed by atoms with Crippen molar-refractivity contribution in [2.24, 2.45) is 0 Å². The second-order valence-corrected chi connectivity index (χ2v) is 5.50. The van der Waals surface area contributed by atoms with Crippen molar-refractivity contribution in [2.45, 2.75) is 6.54 Å². The Hall–Kier alpha value is -2.40. The molecule has 0 aliphatic carbocycles. The Morgan fingerprint density at radius 1 is 1.17 bits per heavy atom. The summed E-state index contributed by atoms with van der Waals surface area (Å²) in [5, 5.41) is 2.78. The smallest absolute Gasteiger partial charge is 0.256 e. The van der Waals surface area contributed by atoms with Crippen molar-refractivity contribution in [2.75, 3.05) is 14.1 Å². The van der Waals surface area contributed by atoms with Crippen LogP contribution in [-0.2, 0) is 6.54 Å². The molecule has 0 bridgehead atoms. The minimum absolute atomic E-state index is 0.0288. The van der Waals surface area contributed by atoms with Gasteiger partial charge >= 0.3 is 0 Å². The SMILES string of the molecule is CNC(=O)c1ccc(CN(C)C(=O)c2ccc(Cl)cc2F)cc1. The van der Waals surface area contributed by atoms with Gasteiger partial charge in [0.2, 0.25) is 0 Å². The fourth-order valence-electron chi connectivity index (χ4n) is 2.12. The van der Waals surface area contributed by atoms with Gasteiger partial charge in [0, 0.05) is 31.2 Å². The number of nitrogens with zero attached hydrogens (tertiary/aromatic N) is 1. The molecule has 0 spiro atoms. The van der Waals surface area contributed by atoms with E-state index < -0.39 is 11.7 Å². The third-order valence-electron chi connectivity index (χ3n) is 3.37. The summed E-state index contributed by atoms with van der Waals surface area (Å²) in [6.45, 7) is 0.301. The van der Waals surface area contributed by atoms with Crippen LogP contribution in [0.4, 0.5) is 4.39 Å². The maximum atomic E-state index is 13.8. The molecule has 6 heteroatoms. The van der Waals surface area contributed by atoms with Gasteiger partial charge in [-0.3, -0.25) is 9.59 Å². The molecule has 23 heavy (non-hydrogen) atoms. The molecule has 2 aromatic rings. The zero-order chi connectivity index (χ0) is 17.0. The number of carbonyl (C=O) groups excluding carboxylic acids is 2. The summed E-state index contributed by atoms with van der Waals surface area (Å²) in [6.07, 6.45) is 0. The Bertz CT molecular complexity index is 732. The van der Waals surface area contributed by atoms with Crippen LogP contribution in [0.15, 0.2) is 42.5 Å². The van der Waals surface area contributed by atoms with Crippen LogP contribution in [0.3, 0.4) is 0 Å². The van der Waals surface area contributed by atoms with Crippen molar-refractivity contribution in [1.82, 2.24) is 10.2 Å². The number of nitrogens with one attached hydrogen (secondary N) is 1. The van der Waals surface area contributed by atoms with Crippen molar-refractivity contribution in [3.63, 3.8) is 0 Å². The van der Waals surface area contributed by atoms with E-state index in [1.165, 1.54) is 17.0 Å². The maximum Gasteiger partial charge on any atom is 0.256 e. The van der Waals surface area contributed by atoms with Gasteiger partial charge in [-0.05, 0) is 35.9 Å². The van der Waals surface area contributed by atoms with E-state index in [4.69, 9.17) is 11.6 Å². The first-order chi connectivity index (χ1) is 10.9. The molecule has 0 heterocycles. The third-order valence-corrected chi connectivity index (χ3v) is 3.61. The average molecular weight is 335 g/mol. The molecule has 0 aromatic heterocycles. The lowest BCUT2D eigenvalue weighted by atomic mass is 10.1. The van der Waals surface area contributed by atoms with E-state index in [0.29, 0.717) is 12.1 Å². The van der Waals surface area contributed by atoms with E-state index in [-0.39, 0.29) is 16.5 Å². The van der Waals surface area contributed by atoms with Crippen molar-refractivity contribution in [3.05, 3.63) is 70.0 Å². The van der Waals surface area contributed by atoms with Crippen molar-refractivity contribution in [1.29, 1.82) is 0 Å². The summed E-state index contributed by atoms with van der Waals surface area (Å²) in [4.78, 5) is 25.2. The highest BCUT2D eigenvalue weighted by Gasteiger charge is 2.16. The fraction of sp³-hybridized carbons (Fsp3) is 0.176. The Labute approximate surface area is 138 Å². The van der Waals surface area contributed by atoms with Crippen LogP contribution in [0.1, 0.15) is 26.3 Å². The zero-order valence-electron chi connectivity index (χ0n) is 12.8. The van der Waals surface area contributed by atoms with Gasteiger partial charge in [-0.25, -0.2) is 4.39 Å². The van der Waals surface area contributed by atoms with E-state index in [1.54, 1.807) is 38.4 Å². The number of hydrogen-bond acceptors (Lipinski definition) is 2. The number of rotatable bonds is 4. The lowest BCUT2D eigenvalue weighted by molar-refractivity contribution is 0.0780. The predicted molar refractivity (Wildman–Crippen MR) is 87.0 cm³/mol. The van der Waals surface area contributed by atoms with Gasteiger partial charge in [0.1, 0.15) is 5.82 Å². The second kappa shape index (κ2) is 7.24. The molecule has 2 rings (SSSR count). The van der Waals surface area contributed by atoms with Gasteiger partial charge in [0.25, 0.3) is 11.8 Å². The summed E-state index contributed by atoms with van der Waals surface area (Å²) >= 11 is 5.69. The van der Waals surface area contributed by atoms with Gasteiger partial charge in [0.15, 0.2) is 0 Å². The van der Waals surface area contributed by atoms with E-state index in [0.717, 1.165) is 11.6 Å². The van der Waals surface area contributed by atoms with Crippen LogP contribution < -0.4 is 5.32 Å². The molecule has 0 radical (unpaired) electrons. The maximum absolute atomic E-state index is 13.8. The molecular formula is C17H16ClFN2O2. The molecule has 120 valence electrons. The van der Waals surface area contributed by atoms with Crippen molar-refractivity contribution in [3.8, 4) is 0 Å². The second-order valence-electron chi connectivity index (χ2n) is 5.06. The summed E-state index contributed by atoms with van der Waals surface area (Å²) in [5.41, 5.74) is 1.34. The molecule has 2 amide bonds. The quantitative estimate of drug-likeness (QED) is 0.934. The lowest BCUT2D eigenvalue weighted by Crippen LogP contribution is -2.27. The molecule has 0 saturated heterocycles. The van der Waals surface area contributed by atoms with Gasteiger partial charge in [-0.2, -0.15) is 0 Å². The molecule has 1 N–H and O–H groups in total. The first kappa shape index (κ1) is 17.0. The number of halogens is 2. The molecule has 0 fully saturated rings. The Morgan fingerprint density at radius 3 is 2.39 bits per heavy atom.